The van der Waals surface area contributed by atoms with E-state index in [-0.39, 0.29) is 24.1 Å². The molecule has 4 unspecified atom stereocenters. The lowest BCUT2D eigenvalue weighted by Gasteiger charge is -2.23. The molecule has 1 saturated heterocycles. The van der Waals surface area contributed by atoms with Crippen molar-refractivity contribution in [1.82, 2.24) is 14.5 Å². The molecule has 0 bridgehead atoms. The second kappa shape index (κ2) is 4.39. The molecule has 0 aromatic carbocycles. The number of nitrogens with zero attached hydrogens (tertiary/aromatic N) is 3. The Kier molecular flexibility index (Phi) is 2.77. The summed E-state index contributed by atoms with van der Waals surface area (Å²) in [6, 6.07) is -0.0249. The Morgan fingerprint density at radius 1 is 1.32 bits per heavy atom. The van der Waals surface area contributed by atoms with Gasteiger partial charge in [-0.1, -0.05) is 6.92 Å². The molecule has 118 valence electrons. The van der Waals surface area contributed by atoms with Crippen molar-refractivity contribution in [1.29, 1.82) is 0 Å². The minimum absolute atomic E-state index is 0.0136. The molecule has 2 aromatic heterocycles. The van der Waals surface area contributed by atoms with Gasteiger partial charge < -0.3 is 19.8 Å². The van der Waals surface area contributed by atoms with E-state index in [4.69, 9.17) is 15.2 Å². The van der Waals surface area contributed by atoms with Crippen molar-refractivity contribution in [3.05, 3.63) is 18.3 Å². The molecule has 2 aliphatic rings. The Bertz CT molecular complexity index is 744. The van der Waals surface area contributed by atoms with Crippen molar-refractivity contribution >= 4 is 16.9 Å². The summed E-state index contributed by atoms with van der Waals surface area (Å²) in [5, 5.41) is 0. The molecule has 0 radical (unpaired) electrons. The van der Waals surface area contributed by atoms with E-state index in [1.807, 2.05) is 18.4 Å². The number of pyridine rings is 1. The minimum Gasteiger partial charge on any atom is -0.382 e. The standard InChI is InChI=1S/C15H19FN4O2/c1-7-4-9(13-12(7)21-15(2,3)22-13)20-6-19-10-11(20)8(16)5-18-14(10)17/h5-7,9,12-13H,4H2,1-3H3,(H2,17,18). The smallest absolute Gasteiger partial charge is 0.167 e. The number of aromatic nitrogens is 3. The predicted molar refractivity (Wildman–Crippen MR) is 78.5 cm³/mol. The highest BCUT2D eigenvalue weighted by Gasteiger charge is 2.53. The summed E-state index contributed by atoms with van der Waals surface area (Å²) in [4.78, 5) is 8.06. The molecular weight excluding hydrogens is 287 g/mol. The van der Waals surface area contributed by atoms with E-state index < -0.39 is 11.6 Å². The van der Waals surface area contributed by atoms with Crippen molar-refractivity contribution < 1.29 is 13.9 Å². The SMILES string of the molecule is CC1CC(n2cnc3c(N)ncc(F)c32)C2OC(C)(C)OC12. The first-order chi connectivity index (χ1) is 10.4. The number of nitrogen functional groups attached to an aromatic ring is 1. The number of rotatable bonds is 1. The highest BCUT2D eigenvalue weighted by Crippen LogP contribution is 2.47. The average molecular weight is 306 g/mol. The summed E-state index contributed by atoms with van der Waals surface area (Å²) >= 11 is 0. The molecule has 7 heteroatoms. The second-order valence-electron chi connectivity index (χ2n) is 6.69. The molecule has 2 N–H and O–H groups in total. The van der Waals surface area contributed by atoms with E-state index >= 15 is 0 Å². The van der Waals surface area contributed by atoms with Crippen LogP contribution in [0.15, 0.2) is 12.5 Å². The van der Waals surface area contributed by atoms with Crippen LogP contribution in [0, 0.1) is 11.7 Å². The first-order valence-electron chi connectivity index (χ1n) is 7.49. The third-order valence-corrected chi connectivity index (χ3v) is 4.65. The monoisotopic (exact) mass is 306 g/mol. The summed E-state index contributed by atoms with van der Waals surface area (Å²) in [6.45, 7) is 5.95. The van der Waals surface area contributed by atoms with Gasteiger partial charge in [0.2, 0.25) is 0 Å². The molecule has 4 rings (SSSR count). The lowest BCUT2D eigenvalue weighted by molar-refractivity contribution is -0.159. The first kappa shape index (κ1) is 13.9. The number of ether oxygens (including phenoxy) is 2. The van der Waals surface area contributed by atoms with Crippen molar-refractivity contribution in [3.63, 3.8) is 0 Å². The lowest BCUT2D eigenvalue weighted by atomic mass is 10.1. The van der Waals surface area contributed by atoms with Crippen LogP contribution in [0.1, 0.15) is 33.2 Å². The summed E-state index contributed by atoms with van der Waals surface area (Å²) in [5.74, 6) is -0.466. The molecule has 1 aliphatic carbocycles. The highest BCUT2D eigenvalue weighted by molar-refractivity contribution is 5.85. The Labute approximate surface area is 127 Å². The van der Waals surface area contributed by atoms with E-state index in [0.717, 1.165) is 12.6 Å². The third kappa shape index (κ3) is 1.85. The van der Waals surface area contributed by atoms with Crippen LogP contribution in [0.2, 0.25) is 0 Å². The largest absolute Gasteiger partial charge is 0.382 e. The first-order valence-corrected chi connectivity index (χ1v) is 7.49. The Hall–Kier alpha value is -1.73. The fraction of sp³-hybridized carbons (Fsp3) is 0.600. The average Bonchev–Trinajstić information content (AvgIpc) is 3.08. The molecule has 1 saturated carbocycles. The molecular formula is C15H19FN4O2. The van der Waals surface area contributed by atoms with Gasteiger partial charge in [0.1, 0.15) is 17.1 Å². The van der Waals surface area contributed by atoms with Gasteiger partial charge in [-0.3, -0.25) is 0 Å². The molecule has 0 amide bonds. The Morgan fingerprint density at radius 2 is 2.05 bits per heavy atom. The van der Waals surface area contributed by atoms with Gasteiger partial charge in [-0.25, -0.2) is 14.4 Å². The molecule has 2 fully saturated rings. The number of imidazole rings is 1. The van der Waals surface area contributed by atoms with E-state index in [9.17, 15) is 4.39 Å². The van der Waals surface area contributed by atoms with Crippen molar-refractivity contribution in [3.8, 4) is 0 Å². The van der Waals surface area contributed by atoms with Crippen LogP contribution < -0.4 is 5.73 Å². The summed E-state index contributed by atoms with van der Waals surface area (Å²) in [6.07, 6.45) is 3.51. The number of halogens is 1. The maximum Gasteiger partial charge on any atom is 0.167 e. The zero-order valence-corrected chi connectivity index (χ0v) is 12.8. The lowest BCUT2D eigenvalue weighted by Crippen LogP contribution is -2.27. The van der Waals surface area contributed by atoms with E-state index in [1.54, 1.807) is 6.33 Å². The maximum atomic E-state index is 14.3. The zero-order chi connectivity index (χ0) is 15.6. The molecule has 3 heterocycles. The summed E-state index contributed by atoms with van der Waals surface area (Å²) < 4.78 is 28.1. The highest BCUT2D eigenvalue weighted by atomic mass is 19.1. The maximum absolute atomic E-state index is 14.3. The van der Waals surface area contributed by atoms with Crippen LogP contribution in [0.5, 0.6) is 0 Å². The molecule has 6 nitrogen and oxygen atoms in total. The quantitative estimate of drug-likeness (QED) is 0.874. The van der Waals surface area contributed by atoms with E-state index in [1.165, 1.54) is 0 Å². The Balaban J connectivity index is 1.81. The molecule has 1 aliphatic heterocycles. The Morgan fingerprint density at radius 3 is 2.82 bits per heavy atom. The second-order valence-corrected chi connectivity index (χ2v) is 6.69. The topological polar surface area (TPSA) is 75.2 Å². The van der Waals surface area contributed by atoms with Crippen LogP contribution in [-0.4, -0.2) is 32.5 Å². The normalized spacial score (nSPS) is 33.5. The third-order valence-electron chi connectivity index (χ3n) is 4.65. The molecule has 4 atom stereocenters. The fourth-order valence-electron chi connectivity index (χ4n) is 3.76. The predicted octanol–water partition coefficient (Wildman–Crippen LogP) is 2.25. The van der Waals surface area contributed by atoms with E-state index in [2.05, 4.69) is 16.9 Å². The van der Waals surface area contributed by atoms with Crippen molar-refractivity contribution in [2.45, 2.75) is 51.2 Å². The minimum atomic E-state index is -0.613. The van der Waals surface area contributed by atoms with E-state index in [0.29, 0.717) is 17.0 Å². The number of hydrogen-bond donors (Lipinski definition) is 1. The van der Waals surface area contributed by atoms with Crippen molar-refractivity contribution in [2.24, 2.45) is 5.92 Å². The number of nitrogens with two attached hydrogens (primary N) is 1. The summed E-state index contributed by atoms with van der Waals surface area (Å²) in [5.41, 5.74) is 6.59. The summed E-state index contributed by atoms with van der Waals surface area (Å²) in [7, 11) is 0. The van der Waals surface area contributed by atoms with Gasteiger partial charge in [-0.15, -0.1) is 0 Å². The van der Waals surface area contributed by atoms with Crippen LogP contribution >= 0.6 is 0 Å². The number of hydrogen-bond acceptors (Lipinski definition) is 5. The van der Waals surface area contributed by atoms with Gasteiger partial charge in [0.15, 0.2) is 17.4 Å². The van der Waals surface area contributed by atoms with Gasteiger partial charge in [0.25, 0.3) is 0 Å². The van der Waals surface area contributed by atoms with Crippen LogP contribution in [0.3, 0.4) is 0 Å². The fourth-order valence-corrected chi connectivity index (χ4v) is 3.76. The molecule has 0 spiro atoms. The van der Waals surface area contributed by atoms with Gasteiger partial charge >= 0.3 is 0 Å². The molecule has 2 aromatic rings. The van der Waals surface area contributed by atoms with Gasteiger partial charge in [-0.05, 0) is 26.2 Å². The van der Waals surface area contributed by atoms with Gasteiger partial charge in [0, 0.05) is 0 Å². The number of fused-ring (bicyclic) bond motifs is 2. The van der Waals surface area contributed by atoms with Gasteiger partial charge in [0.05, 0.1) is 24.7 Å². The zero-order valence-electron chi connectivity index (χ0n) is 12.8. The van der Waals surface area contributed by atoms with Crippen molar-refractivity contribution in [2.75, 3.05) is 5.73 Å². The van der Waals surface area contributed by atoms with Crippen LogP contribution in [0.25, 0.3) is 11.0 Å². The van der Waals surface area contributed by atoms with Gasteiger partial charge in [-0.2, -0.15) is 0 Å². The van der Waals surface area contributed by atoms with Crippen LogP contribution in [0.4, 0.5) is 10.2 Å². The number of anilines is 1. The van der Waals surface area contributed by atoms with Crippen LogP contribution in [-0.2, 0) is 9.47 Å². The molecule has 22 heavy (non-hydrogen) atoms.